The predicted molar refractivity (Wildman–Crippen MR) is 79.4 cm³/mol. The molecular weight excluding hydrogens is 268 g/mol. The van der Waals surface area contributed by atoms with Crippen LogP contribution < -0.4 is 4.90 Å². The molecule has 0 saturated heterocycles. The third-order valence-corrected chi connectivity index (χ3v) is 4.68. The third kappa shape index (κ3) is 2.37. The normalized spacial score (nSPS) is 21.8. The van der Waals surface area contributed by atoms with Crippen LogP contribution in [0, 0.1) is 5.92 Å². The van der Waals surface area contributed by atoms with Gasteiger partial charge < -0.3 is 10.0 Å². The van der Waals surface area contributed by atoms with Crippen LogP contribution in [0.3, 0.4) is 0 Å². The number of amides is 2. The quantitative estimate of drug-likeness (QED) is 0.928. The van der Waals surface area contributed by atoms with Crippen molar-refractivity contribution in [3.8, 4) is 0 Å². The van der Waals surface area contributed by atoms with Crippen LogP contribution in [0.4, 0.5) is 10.5 Å². The SMILES string of the molecule is CC(C1CC1)N(C)C(=O)N1c2ccccc2CC1C(=O)O. The Morgan fingerprint density at radius 2 is 2.00 bits per heavy atom. The molecule has 1 aromatic rings. The van der Waals surface area contributed by atoms with E-state index >= 15 is 0 Å². The second kappa shape index (κ2) is 5.06. The first-order valence-corrected chi connectivity index (χ1v) is 7.37. The topological polar surface area (TPSA) is 60.9 Å². The average Bonchev–Trinajstić information content (AvgIpc) is 3.24. The van der Waals surface area contributed by atoms with Crippen molar-refractivity contribution in [1.29, 1.82) is 0 Å². The van der Waals surface area contributed by atoms with Crippen LogP contribution in [0.5, 0.6) is 0 Å². The molecular formula is C16H20N2O3. The molecule has 2 amide bonds. The summed E-state index contributed by atoms with van der Waals surface area (Å²) in [5.74, 6) is -0.396. The van der Waals surface area contributed by atoms with Gasteiger partial charge in [-0.05, 0) is 37.3 Å². The highest BCUT2D eigenvalue weighted by Gasteiger charge is 2.42. The van der Waals surface area contributed by atoms with E-state index in [1.165, 1.54) is 4.90 Å². The molecule has 2 unspecified atom stereocenters. The summed E-state index contributed by atoms with van der Waals surface area (Å²) in [6.45, 7) is 2.04. The van der Waals surface area contributed by atoms with E-state index in [2.05, 4.69) is 0 Å². The van der Waals surface area contributed by atoms with E-state index < -0.39 is 12.0 Å². The second-order valence-corrected chi connectivity index (χ2v) is 6.03. The number of hydrogen-bond acceptors (Lipinski definition) is 2. The summed E-state index contributed by atoms with van der Waals surface area (Å²) in [5, 5.41) is 9.43. The first-order chi connectivity index (χ1) is 10.0. The number of benzene rings is 1. The summed E-state index contributed by atoms with van der Waals surface area (Å²) in [6, 6.07) is 6.57. The molecule has 2 atom stereocenters. The maximum absolute atomic E-state index is 12.8. The number of para-hydroxylation sites is 1. The number of hydrogen-bond donors (Lipinski definition) is 1. The molecule has 5 heteroatoms. The van der Waals surface area contributed by atoms with Crippen molar-refractivity contribution in [2.24, 2.45) is 5.92 Å². The van der Waals surface area contributed by atoms with Crippen molar-refractivity contribution in [3.05, 3.63) is 29.8 Å². The van der Waals surface area contributed by atoms with Crippen molar-refractivity contribution in [1.82, 2.24) is 4.90 Å². The van der Waals surface area contributed by atoms with E-state index in [1.54, 1.807) is 11.9 Å². The number of rotatable bonds is 3. The highest BCUT2D eigenvalue weighted by Crippen LogP contribution is 2.37. The molecule has 0 radical (unpaired) electrons. The zero-order chi connectivity index (χ0) is 15.1. The summed E-state index contributed by atoms with van der Waals surface area (Å²) in [4.78, 5) is 27.4. The van der Waals surface area contributed by atoms with Crippen LogP contribution in [-0.4, -0.2) is 41.1 Å². The molecule has 1 aliphatic heterocycles. The Morgan fingerprint density at radius 3 is 2.62 bits per heavy atom. The van der Waals surface area contributed by atoms with Gasteiger partial charge in [0.2, 0.25) is 0 Å². The van der Waals surface area contributed by atoms with Gasteiger partial charge in [0.15, 0.2) is 0 Å². The van der Waals surface area contributed by atoms with Crippen molar-refractivity contribution in [3.63, 3.8) is 0 Å². The van der Waals surface area contributed by atoms with E-state index in [9.17, 15) is 14.7 Å². The average molecular weight is 288 g/mol. The number of carboxylic acids is 1. The molecule has 0 aromatic heterocycles. The van der Waals surface area contributed by atoms with Crippen LogP contribution in [0.2, 0.25) is 0 Å². The third-order valence-electron chi connectivity index (χ3n) is 4.68. The summed E-state index contributed by atoms with van der Waals surface area (Å²) >= 11 is 0. The number of nitrogens with zero attached hydrogens (tertiary/aromatic N) is 2. The number of anilines is 1. The van der Waals surface area contributed by atoms with Gasteiger partial charge in [-0.15, -0.1) is 0 Å². The smallest absolute Gasteiger partial charge is 0.327 e. The van der Waals surface area contributed by atoms with E-state index in [4.69, 9.17) is 0 Å². The monoisotopic (exact) mass is 288 g/mol. The fourth-order valence-corrected chi connectivity index (χ4v) is 3.06. The van der Waals surface area contributed by atoms with Crippen LogP contribution in [0.15, 0.2) is 24.3 Å². The summed E-state index contributed by atoms with van der Waals surface area (Å²) in [5.41, 5.74) is 1.65. The maximum atomic E-state index is 12.8. The summed E-state index contributed by atoms with van der Waals surface area (Å²) < 4.78 is 0. The maximum Gasteiger partial charge on any atom is 0.327 e. The number of urea groups is 1. The number of carboxylic acid groups (broad SMARTS) is 1. The lowest BCUT2D eigenvalue weighted by molar-refractivity contribution is -0.138. The minimum atomic E-state index is -0.952. The minimum absolute atomic E-state index is 0.153. The Morgan fingerprint density at radius 1 is 1.33 bits per heavy atom. The molecule has 1 N–H and O–H groups in total. The van der Waals surface area contributed by atoms with E-state index in [0.717, 1.165) is 24.1 Å². The van der Waals surface area contributed by atoms with Gasteiger partial charge in [-0.25, -0.2) is 9.59 Å². The van der Waals surface area contributed by atoms with Crippen LogP contribution in [0.25, 0.3) is 0 Å². The number of carbonyl (C=O) groups is 2. The fourth-order valence-electron chi connectivity index (χ4n) is 3.06. The lowest BCUT2D eigenvalue weighted by Crippen LogP contribution is -2.51. The number of carbonyl (C=O) groups excluding carboxylic acids is 1. The van der Waals surface area contributed by atoms with Crippen LogP contribution in [0.1, 0.15) is 25.3 Å². The Kier molecular flexibility index (Phi) is 3.35. The largest absolute Gasteiger partial charge is 0.480 e. The molecule has 2 aliphatic rings. The summed E-state index contributed by atoms with van der Waals surface area (Å²) in [7, 11) is 1.77. The molecule has 21 heavy (non-hydrogen) atoms. The molecule has 1 aromatic carbocycles. The van der Waals surface area contributed by atoms with Gasteiger partial charge in [0, 0.05) is 25.2 Å². The fraction of sp³-hybridized carbons (Fsp3) is 0.500. The standard InChI is InChI=1S/C16H20N2O3/c1-10(11-7-8-11)17(2)16(21)18-13-6-4-3-5-12(13)9-14(18)15(19)20/h3-6,10-11,14H,7-9H2,1-2H3,(H,19,20). The lowest BCUT2D eigenvalue weighted by Gasteiger charge is -2.32. The summed E-state index contributed by atoms with van der Waals surface area (Å²) in [6.07, 6.45) is 2.68. The molecule has 1 saturated carbocycles. The van der Waals surface area contributed by atoms with Gasteiger partial charge in [-0.2, -0.15) is 0 Å². The minimum Gasteiger partial charge on any atom is -0.480 e. The number of fused-ring (bicyclic) bond motifs is 1. The lowest BCUT2D eigenvalue weighted by atomic mass is 10.1. The molecule has 1 fully saturated rings. The Bertz CT molecular complexity index is 583. The van der Waals surface area contributed by atoms with Crippen molar-refractivity contribution >= 4 is 17.7 Å². The van der Waals surface area contributed by atoms with Crippen LogP contribution in [-0.2, 0) is 11.2 Å². The first kappa shape index (κ1) is 13.9. The van der Waals surface area contributed by atoms with Gasteiger partial charge in [0.05, 0.1) is 0 Å². The van der Waals surface area contributed by atoms with Gasteiger partial charge in [0.1, 0.15) is 6.04 Å². The molecule has 0 spiro atoms. The Labute approximate surface area is 124 Å². The predicted octanol–water partition coefficient (Wildman–Crippen LogP) is 2.35. The first-order valence-electron chi connectivity index (χ1n) is 7.37. The van der Waals surface area contributed by atoms with E-state index in [1.807, 2.05) is 31.2 Å². The second-order valence-electron chi connectivity index (χ2n) is 6.03. The van der Waals surface area contributed by atoms with Crippen molar-refractivity contribution < 1.29 is 14.7 Å². The molecule has 1 heterocycles. The van der Waals surface area contributed by atoms with E-state index in [0.29, 0.717) is 12.3 Å². The number of aliphatic carboxylic acids is 1. The van der Waals surface area contributed by atoms with Crippen molar-refractivity contribution in [2.75, 3.05) is 11.9 Å². The molecule has 5 nitrogen and oxygen atoms in total. The Balaban J connectivity index is 1.89. The van der Waals surface area contributed by atoms with Gasteiger partial charge in [0.25, 0.3) is 0 Å². The zero-order valence-corrected chi connectivity index (χ0v) is 12.3. The molecule has 112 valence electrons. The van der Waals surface area contributed by atoms with Gasteiger partial charge in [-0.3, -0.25) is 4.90 Å². The van der Waals surface area contributed by atoms with Gasteiger partial charge in [-0.1, -0.05) is 18.2 Å². The molecule has 0 bridgehead atoms. The highest BCUT2D eigenvalue weighted by atomic mass is 16.4. The highest BCUT2D eigenvalue weighted by molar-refractivity contribution is 6.01. The van der Waals surface area contributed by atoms with Gasteiger partial charge >= 0.3 is 12.0 Å². The molecule has 1 aliphatic carbocycles. The van der Waals surface area contributed by atoms with E-state index in [-0.39, 0.29) is 12.1 Å². The van der Waals surface area contributed by atoms with Crippen molar-refractivity contribution in [2.45, 2.75) is 38.3 Å². The zero-order valence-electron chi connectivity index (χ0n) is 12.3. The Hall–Kier alpha value is -2.04. The molecule has 3 rings (SSSR count). The van der Waals surface area contributed by atoms with Crippen LogP contribution >= 0.6 is 0 Å².